The zero-order valence-electron chi connectivity index (χ0n) is 9.50. The highest BCUT2D eigenvalue weighted by Gasteiger charge is 2.23. The molecule has 0 aliphatic carbocycles. The van der Waals surface area contributed by atoms with Gasteiger partial charge in [-0.3, -0.25) is 20.2 Å². The molecule has 0 atom stereocenters. The number of hydrogen-bond donors (Lipinski definition) is 1. The molecule has 0 aliphatic heterocycles. The van der Waals surface area contributed by atoms with Crippen molar-refractivity contribution in [3.05, 3.63) is 38.6 Å². The van der Waals surface area contributed by atoms with Crippen LogP contribution in [0.3, 0.4) is 0 Å². The van der Waals surface area contributed by atoms with Crippen LogP contribution in [-0.4, -0.2) is 40.3 Å². The van der Waals surface area contributed by atoms with Crippen LogP contribution in [0.2, 0.25) is 0 Å². The summed E-state index contributed by atoms with van der Waals surface area (Å²) < 4.78 is 1.12. The molecule has 0 aliphatic rings. The van der Waals surface area contributed by atoms with Crippen LogP contribution < -0.4 is 0 Å². The summed E-state index contributed by atoms with van der Waals surface area (Å²) in [6.07, 6.45) is 1.22. The van der Waals surface area contributed by atoms with Gasteiger partial charge in [0.2, 0.25) is 0 Å². The number of nitro groups is 2. The lowest BCUT2D eigenvalue weighted by molar-refractivity contribution is -0.393. The Bertz CT molecular complexity index is 822. The molecule has 20 heavy (non-hydrogen) atoms. The van der Waals surface area contributed by atoms with Gasteiger partial charge in [0.1, 0.15) is 0 Å². The van der Waals surface area contributed by atoms with Crippen LogP contribution >= 0.6 is 0 Å². The highest BCUT2D eigenvalue weighted by Crippen LogP contribution is 2.31. The monoisotopic (exact) mass is 276 g/mol. The molecule has 0 bridgehead atoms. The molecule has 0 spiro atoms. The minimum Gasteiger partial charge on any atom is -0.258 e. The number of non-ortho nitro benzene ring substituents is 2. The van der Waals surface area contributed by atoms with Gasteiger partial charge in [0.25, 0.3) is 17.3 Å². The lowest BCUT2D eigenvalue weighted by atomic mass is 10.2. The summed E-state index contributed by atoms with van der Waals surface area (Å²) in [7, 11) is 0. The van der Waals surface area contributed by atoms with E-state index in [1.165, 1.54) is 6.20 Å². The van der Waals surface area contributed by atoms with Gasteiger partial charge in [0, 0.05) is 6.07 Å². The van der Waals surface area contributed by atoms with Crippen molar-refractivity contribution >= 4 is 22.3 Å². The number of aromatic nitrogens is 6. The van der Waals surface area contributed by atoms with Crippen LogP contribution in [0.1, 0.15) is 0 Å². The predicted molar refractivity (Wildman–Crippen MR) is 62.1 cm³/mol. The Morgan fingerprint density at radius 3 is 2.60 bits per heavy atom. The molecule has 3 rings (SSSR count). The topological polar surface area (TPSA) is 159 Å². The average Bonchev–Trinajstić information content (AvgIpc) is 3.05. The molecule has 0 saturated heterocycles. The van der Waals surface area contributed by atoms with Gasteiger partial charge in [-0.05, 0) is 5.21 Å². The van der Waals surface area contributed by atoms with Crippen LogP contribution in [0.4, 0.5) is 11.4 Å². The number of benzene rings is 1. The third kappa shape index (κ3) is 1.63. The zero-order chi connectivity index (χ0) is 14.3. The first-order chi connectivity index (χ1) is 9.58. The maximum atomic E-state index is 11.0. The van der Waals surface area contributed by atoms with E-state index < -0.39 is 21.2 Å². The van der Waals surface area contributed by atoms with Gasteiger partial charge in [0.15, 0.2) is 0 Å². The van der Waals surface area contributed by atoms with Gasteiger partial charge >= 0.3 is 0 Å². The summed E-state index contributed by atoms with van der Waals surface area (Å²) in [5.41, 5.74) is -0.689. The molecule has 0 radical (unpaired) electrons. The SMILES string of the molecule is O=[N+]([O-])c1cc([N+](=O)[O-])c2cnn(-c3nn[nH]n3)c2c1. The lowest BCUT2D eigenvalue weighted by Gasteiger charge is -1.98. The Hall–Kier alpha value is -3.44. The molecule has 0 unspecified atom stereocenters. The average molecular weight is 276 g/mol. The number of H-pyrrole nitrogens is 1. The molecule has 100 valence electrons. The fourth-order valence-electron chi connectivity index (χ4n) is 1.76. The van der Waals surface area contributed by atoms with Crippen LogP contribution in [0.15, 0.2) is 18.3 Å². The third-order valence-corrected chi connectivity index (χ3v) is 2.58. The lowest BCUT2D eigenvalue weighted by Crippen LogP contribution is -2.00. The summed E-state index contributed by atoms with van der Waals surface area (Å²) in [6, 6.07) is 2.04. The van der Waals surface area contributed by atoms with E-state index >= 15 is 0 Å². The van der Waals surface area contributed by atoms with E-state index in [1.807, 2.05) is 0 Å². The number of nitrogens with zero attached hydrogens (tertiary/aromatic N) is 7. The van der Waals surface area contributed by atoms with Crippen LogP contribution in [0, 0.1) is 20.2 Å². The number of aromatic amines is 1. The second kappa shape index (κ2) is 4.04. The summed E-state index contributed by atoms with van der Waals surface area (Å²) >= 11 is 0. The molecule has 1 N–H and O–H groups in total. The normalized spacial score (nSPS) is 10.8. The molecule has 1 aromatic carbocycles. The summed E-state index contributed by atoms with van der Waals surface area (Å²) in [5.74, 6) is 0.0230. The van der Waals surface area contributed by atoms with Crippen molar-refractivity contribution < 1.29 is 9.85 Å². The van der Waals surface area contributed by atoms with Crippen molar-refractivity contribution in [1.29, 1.82) is 0 Å². The molecule has 2 aromatic heterocycles. The standard InChI is InChI=1S/C8H4N8O4/c17-15(18)4-1-6-5(7(2-4)16(19)20)3-9-14(6)8-10-12-13-11-8/h1-3H,(H,10,11,12,13). The van der Waals surface area contributed by atoms with Gasteiger partial charge in [-0.25, -0.2) is 0 Å². The second-order valence-corrected chi connectivity index (χ2v) is 3.68. The molecule has 3 aromatic rings. The van der Waals surface area contributed by atoms with Crippen LogP contribution in [0.5, 0.6) is 0 Å². The molecular weight excluding hydrogens is 272 g/mol. The van der Waals surface area contributed by atoms with Gasteiger partial charge in [-0.1, -0.05) is 5.10 Å². The predicted octanol–water partition coefficient (Wildman–Crippen LogP) is 0.355. The summed E-state index contributed by atoms with van der Waals surface area (Å²) in [6.45, 7) is 0. The summed E-state index contributed by atoms with van der Waals surface area (Å²) in [4.78, 5) is 20.4. The minimum atomic E-state index is -0.722. The number of tetrazole rings is 1. The largest absolute Gasteiger partial charge is 0.290 e. The third-order valence-electron chi connectivity index (χ3n) is 2.58. The maximum Gasteiger partial charge on any atom is 0.290 e. The molecule has 0 saturated carbocycles. The number of nitrogens with one attached hydrogen (secondary N) is 1. The molecule has 2 heterocycles. The molecule has 12 heteroatoms. The van der Waals surface area contributed by atoms with Gasteiger partial charge in [-0.2, -0.15) is 15.0 Å². The van der Waals surface area contributed by atoms with Crippen molar-refractivity contribution in [3.8, 4) is 5.95 Å². The quantitative estimate of drug-likeness (QED) is 0.529. The molecule has 0 amide bonds. The molecular formula is C8H4N8O4. The number of hydrogen-bond acceptors (Lipinski definition) is 8. The number of fused-ring (bicyclic) bond motifs is 1. The van der Waals surface area contributed by atoms with E-state index in [0.29, 0.717) is 0 Å². The smallest absolute Gasteiger partial charge is 0.258 e. The van der Waals surface area contributed by atoms with E-state index in [2.05, 4.69) is 25.7 Å². The first kappa shape index (κ1) is 11.6. The Morgan fingerprint density at radius 1 is 1.20 bits per heavy atom. The minimum absolute atomic E-state index is 0.0230. The Kier molecular flexibility index (Phi) is 2.35. The van der Waals surface area contributed by atoms with Crippen molar-refractivity contribution in [1.82, 2.24) is 30.4 Å². The van der Waals surface area contributed by atoms with Crippen molar-refractivity contribution in [2.24, 2.45) is 0 Å². The molecule has 12 nitrogen and oxygen atoms in total. The Morgan fingerprint density at radius 2 is 2.00 bits per heavy atom. The van der Waals surface area contributed by atoms with E-state index in [-0.39, 0.29) is 16.9 Å². The fraction of sp³-hybridized carbons (Fsp3) is 0. The van der Waals surface area contributed by atoms with E-state index in [1.54, 1.807) is 0 Å². The van der Waals surface area contributed by atoms with Crippen molar-refractivity contribution in [3.63, 3.8) is 0 Å². The van der Waals surface area contributed by atoms with Gasteiger partial charge < -0.3 is 0 Å². The van der Waals surface area contributed by atoms with E-state index in [9.17, 15) is 20.2 Å². The maximum absolute atomic E-state index is 11.0. The van der Waals surface area contributed by atoms with Crippen molar-refractivity contribution in [2.45, 2.75) is 0 Å². The van der Waals surface area contributed by atoms with Gasteiger partial charge in [-0.15, -0.1) is 5.10 Å². The first-order valence-electron chi connectivity index (χ1n) is 5.12. The highest BCUT2D eigenvalue weighted by atomic mass is 16.6. The summed E-state index contributed by atoms with van der Waals surface area (Å²) in [5, 5.41) is 38.7. The second-order valence-electron chi connectivity index (χ2n) is 3.68. The van der Waals surface area contributed by atoms with E-state index in [4.69, 9.17) is 0 Å². The first-order valence-corrected chi connectivity index (χ1v) is 5.12. The van der Waals surface area contributed by atoms with E-state index in [0.717, 1.165) is 16.8 Å². The number of nitro benzene ring substituents is 2. The Labute approximate surface area is 108 Å². The Balaban J connectivity index is 2.36. The van der Waals surface area contributed by atoms with Crippen molar-refractivity contribution in [2.75, 3.05) is 0 Å². The van der Waals surface area contributed by atoms with Crippen LogP contribution in [-0.2, 0) is 0 Å². The number of rotatable bonds is 3. The molecule has 0 fully saturated rings. The van der Waals surface area contributed by atoms with Gasteiger partial charge in [0.05, 0.1) is 33.0 Å². The fourth-order valence-corrected chi connectivity index (χ4v) is 1.76. The van der Waals surface area contributed by atoms with Crippen LogP contribution in [0.25, 0.3) is 16.9 Å². The zero-order valence-corrected chi connectivity index (χ0v) is 9.50. The highest BCUT2D eigenvalue weighted by molar-refractivity contribution is 5.91.